The normalized spacial score (nSPS) is 11.5. The molecule has 0 heterocycles. The lowest BCUT2D eigenvalue weighted by molar-refractivity contribution is -0.116. The first-order valence-electron chi connectivity index (χ1n) is 6.90. The molecule has 2 aromatic carbocycles. The molecule has 1 N–H and O–H groups in total. The van der Waals surface area contributed by atoms with E-state index in [9.17, 15) is 4.79 Å². The zero-order chi connectivity index (χ0) is 16.8. The van der Waals surface area contributed by atoms with E-state index in [1.165, 1.54) is 21.3 Å². The van der Waals surface area contributed by atoms with E-state index in [1.54, 1.807) is 24.3 Å². The molecule has 0 fully saturated rings. The minimum absolute atomic E-state index is 0.341. The van der Waals surface area contributed by atoms with Crippen molar-refractivity contribution in [3.8, 4) is 17.2 Å². The molecule has 122 valence electrons. The van der Waals surface area contributed by atoms with Crippen LogP contribution < -0.4 is 19.5 Å². The fourth-order valence-electron chi connectivity index (χ4n) is 2.13. The summed E-state index contributed by atoms with van der Waals surface area (Å²) in [6, 6.07) is 12.4. The molecule has 5 nitrogen and oxygen atoms in total. The van der Waals surface area contributed by atoms with Crippen LogP contribution in [0.15, 0.2) is 42.5 Å². The number of hydrogen-bond acceptors (Lipinski definition) is 4. The lowest BCUT2D eigenvalue weighted by Gasteiger charge is -2.16. The lowest BCUT2D eigenvalue weighted by Crippen LogP contribution is -2.17. The van der Waals surface area contributed by atoms with Crippen molar-refractivity contribution in [3.05, 3.63) is 48.0 Å². The van der Waals surface area contributed by atoms with Crippen LogP contribution in [-0.4, -0.2) is 27.2 Å². The van der Waals surface area contributed by atoms with Crippen molar-refractivity contribution in [3.63, 3.8) is 0 Å². The van der Waals surface area contributed by atoms with E-state index in [0.29, 0.717) is 22.9 Å². The molecule has 0 aliphatic carbocycles. The zero-order valence-electron chi connectivity index (χ0n) is 13.1. The predicted octanol–water partition coefficient (Wildman–Crippen LogP) is 3.63. The maximum atomic E-state index is 12.3. The van der Waals surface area contributed by atoms with Crippen molar-refractivity contribution in [1.82, 2.24) is 0 Å². The van der Waals surface area contributed by atoms with Crippen LogP contribution in [0.3, 0.4) is 0 Å². The summed E-state index contributed by atoms with van der Waals surface area (Å²) in [5.41, 5.74) is 1.23. The van der Waals surface area contributed by atoms with Gasteiger partial charge in [0.15, 0.2) is 11.5 Å². The molecule has 2 rings (SSSR count). The van der Waals surface area contributed by atoms with Crippen LogP contribution in [0, 0.1) is 0 Å². The summed E-state index contributed by atoms with van der Waals surface area (Å²) in [5.74, 6) is 1.02. The zero-order valence-corrected chi connectivity index (χ0v) is 13.9. The molecule has 0 aromatic heterocycles. The highest BCUT2D eigenvalue weighted by molar-refractivity contribution is 6.32. The molecule has 1 atom stereocenters. The van der Waals surface area contributed by atoms with Gasteiger partial charge in [0.2, 0.25) is 11.7 Å². The Balaban J connectivity index is 2.24. The standard InChI is InChI=1S/C17H18ClNO4/c1-21-13-9-12(10-14(22-2)16(13)23-3)19-17(20)15(18)11-7-5-4-6-8-11/h4-10,15H,1-3H3,(H,19,20)/t15-/m1/s1. The number of alkyl halides is 1. The Kier molecular flexibility index (Phi) is 5.71. The molecule has 0 bridgehead atoms. The van der Waals surface area contributed by atoms with Gasteiger partial charge in [-0.15, -0.1) is 11.6 Å². The quantitative estimate of drug-likeness (QED) is 0.819. The van der Waals surface area contributed by atoms with Crippen LogP contribution in [-0.2, 0) is 4.79 Å². The summed E-state index contributed by atoms with van der Waals surface area (Å²) in [6.45, 7) is 0. The third kappa shape index (κ3) is 3.87. The van der Waals surface area contributed by atoms with E-state index in [1.807, 2.05) is 18.2 Å². The van der Waals surface area contributed by atoms with E-state index in [4.69, 9.17) is 25.8 Å². The van der Waals surface area contributed by atoms with Crippen LogP contribution in [0.1, 0.15) is 10.9 Å². The average molecular weight is 336 g/mol. The van der Waals surface area contributed by atoms with Gasteiger partial charge in [0.25, 0.3) is 0 Å². The number of ether oxygens (including phenoxy) is 3. The Hall–Kier alpha value is -2.40. The van der Waals surface area contributed by atoms with E-state index in [-0.39, 0.29) is 5.91 Å². The van der Waals surface area contributed by atoms with Gasteiger partial charge in [0.05, 0.1) is 21.3 Å². The van der Waals surface area contributed by atoms with Crippen LogP contribution in [0.4, 0.5) is 5.69 Å². The van der Waals surface area contributed by atoms with Gasteiger partial charge in [-0.1, -0.05) is 30.3 Å². The second kappa shape index (κ2) is 7.74. The third-order valence-electron chi connectivity index (χ3n) is 3.25. The summed E-state index contributed by atoms with van der Waals surface area (Å²) in [4.78, 5) is 12.3. The molecule has 0 unspecified atom stereocenters. The second-order valence-electron chi connectivity index (χ2n) is 4.68. The number of carbonyl (C=O) groups is 1. The Labute approximate surface area is 140 Å². The number of nitrogens with one attached hydrogen (secondary N) is 1. The topological polar surface area (TPSA) is 56.8 Å². The van der Waals surface area contributed by atoms with Gasteiger partial charge >= 0.3 is 0 Å². The number of hydrogen-bond donors (Lipinski definition) is 1. The SMILES string of the molecule is COc1cc(NC(=O)[C@H](Cl)c2ccccc2)cc(OC)c1OC. The Morgan fingerprint density at radius 1 is 1.00 bits per heavy atom. The molecule has 0 radical (unpaired) electrons. The molecule has 0 saturated heterocycles. The Morgan fingerprint density at radius 3 is 2.04 bits per heavy atom. The molecule has 0 aliphatic heterocycles. The minimum Gasteiger partial charge on any atom is -0.493 e. The smallest absolute Gasteiger partial charge is 0.246 e. The average Bonchev–Trinajstić information content (AvgIpc) is 2.60. The maximum Gasteiger partial charge on any atom is 0.246 e. The van der Waals surface area contributed by atoms with Crippen LogP contribution in [0.5, 0.6) is 17.2 Å². The van der Waals surface area contributed by atoms with Gasteiger partial charge in [0, 0.05) is 17.8 Å². The predicted molar refractivity (Wildman–Crippen MR) is 89.8 cm³/mol. The molecule has 2 aromatic rings. The number of carbonyl (C=O) groups excluding carboxylic acids is 1. The monoisotopic (exact) mass is 335 g/mol. The molecular formula is C17H18ClNO4. The van der Waals surface area contributed by atoms with Gasteiger partial charge in [-0.25, -0.2) is 0 Å². The summed E-state index contributed by atoms with van der Waals surface area (Å²) in [5, 5.41) is 1.96. The van der Waals surface area contributed by atoms with Gasteiger partial charge in [0.1, 0.15) is 5.38 Å². The Morgan fingerprint density at radius 2 is 1.57 bits per heavy atom. The summed E-state index contributed by atoms with van der Waals surface area (Å²) >= 11 is 6.21. The van der Waals surface area contributed by atoms with Gasteiger partial charge in [-0.3, -0.25) is 4.79 Å². The number of methoxy groups -OCH3 is 3. The number of amides is 1. The van der Waals surface area contributed by atoms with Crippen molar-refractivity contribution in [1.29, 1.82) is 0 Å². The van der Waals surface area contributed by atoms with Crippen molar-refractivity contribution in [2.45, 2.75) is 5.38 Å². The van der Waals surface area contributed by atoms with E-state index in [0.717, 1.165) is 5.56 Å². The minimum atomic E-state index is -0.796. The molecule has 0 saturated carbocycles. The van der Waals surface area contributed by atoms with Crippen molar-refractivity contribution in [2.75, 3.05) is 26.6 Å². The van der Waals surface area contributed by atoms with Crippen molar-refractivity contribution in [2.24, 2.45) is 0 Å². The molecule has 1 amide bonds. The highest BCUT2D eigenvalue weighted by Crippen LogP contribution is 2.40. The Bertz CT molecular complexity index is 651. The fourth-order valence-corrected chi connectivity index (χ4v) is 2.33. The first-order chi connectivity index (χ1) is 11.1. The largest absolute Gasteiger partial charge is 0.493 e. The van der Waals surface area contributed by atoms with E-state index in [2.05, 4.69) is 5.32 Å². The lowest BCUT2D eigenvalue weighted by atomic mass is 10.1. The van der Waals surface area contributed by atoms with Crippen LogP contribution in [0.2, 0.25) is 0 Å². The second-order valence-corrected chi connectivity index (χ2v) is 5.11. The van der Waals surface area contributed by atoms with E-state index >= 15 is 0 Å². The van der Waals surface area contributed by atoms with Gasteiger partial charge in [-0.2, -0.15) is 0 Å². The molecule has 23 heavy (non-hydrogen) atoms. The molecule has 0 aliphatic rings. The summed E-state index contributed by atoms with van der Waals surface area (Å²) in [6.07, 6.45) is 0. The van der Waals surface area contributed by atoms with Gasteiger partial charge in [-0.05, 0) is 5.56 Å². The molecular weight excluding hydrogens is 318 g/mol. The fraction of sp³-hybridized carbons (Fsp3) is 0.235. The number of benzene rings is 2. The third-order valence-corrected chi connectivity index (χ3v) is 3.70. The van der Waals surface area contributed by atoms with E-state index < -0.39 is 5.38 Å². The van der Waals surface area contributed by atoms with Crippen molar-refractivity contribution < 1.29 is 19.0 Å². The maximum absolute atomic E-state index is 12.3. The van der Waals surface area contributed by atoms with Crippen LogP contribution >= 0.6 is 11.6 Å². The van der Waals surface area contributed by atoms with Crippen LogP contribution in [0.25, 0.3) is 0 Å². The highest BCUT2D eigenvalue weighted by atomic mass is 35.5. The summed E-state index contributed by atoms with van der Waals surface area (Å²) in [7, 11) is 4.54. The molecule has 0 spiro atoms. The number of halogens is 1. The number of anilines is 1. The molecule has 6 heteroatoms. The first-order valence-corrected chi connectivity index (χ1v) is 7.34. The number of rotatable bonds is 6. The van der Waals surface area contributed by atoms with Crippen molar-refractivity contribution >= 4 is 23.2 Å². The van der Waals surface area contributed by atoms with Gasteiger partial charge < -0.3 is 19.5 Å². The highest BCUT2D eigenvalue weighted by Gasteiger charge is 2.19. The first kappa shape index (κ1) is 17.0. The summed E-state index contributed by atoms with van der Waals surface area (Å²) < 4.78 is 15.8.